The first-order valence-corrected chi connectivity index (χ1v) is 7.37. The summed E-state index contributed by atoms with van der Waals surface area (Å²) in [6.07, 6.45) is 0.738. The molecule has 1 aliphatic heterocycles. The number of rotatable bonds is 3. The molecule has 7 nitrogen and oxygen atoms in total. The van der Waals surface area contributed by atoms with Crippen LogP contribution in [0.3, 0.4) is 0 Å². The number of amides is 1. The van der Waals surface area contributed by atoms with Crippen molar-refractivity contribution < 1.29 is 18.7 Å². The Morgan fingerprint density at radius 2 is 2.12 bits per heavy atom. The van der Waals surface area contributed by atoms with Gasteiger partial charge in [0.1, 0.15) is 12.9 Å². The molecule has 1 fully saturated rings. The molecule has 1 aliphatic rings. The maximum Gasteiger partial charge on any atom is 0.345 e. The highest BCUT2D eigenvalue weighted by molar-refractivity contribution is 5.77. The fraction of sp³-hybridized carbons (Fsp3) is 0.400. The zero-order chi connectivity index (χ0) is 17.4. The molecule has 2 atom stereocenters. The van der Waals surface area contributed by atoms with Crippen LogP contribution in [0, 0.1) is 11.6 Å². The Morgan fingerprint density at radius 1 is 1.38 bits per heavy atom. The van der Waals surface area contributed by atoms with Crippen molar-refractivity contribution in [2.75, 3.05) is 6.54 Å². The van der Waals surface area contributed by atoms with Gasteiger partial charge in [0.25, 0.3) is 0 Å². The molecule has 24 heavy (non-hydrogen) atoms. The van der Waals surface area contributed by atoms with Gasteiger partial charge in [-0.05, 0) is 24.1 Å². The Hall–Kier alpha value is -2.55. The van der Waals surface area contributed by atoms with E-state index < -0.39 is 35.4 Å². The molecule has 9 heteroatoms. The number of carbonyl (C=O) groups is 1. The maximum absolute atomic E-state index is 13.5. The number of benzene rings is 1. The molecule has 0 saturated carbocycles. The van der Waals surface area contributed by atoms with E-state index in [2.05, 4.69) is 5.10 Å². The fourth-order valence-corrected chi connectivity index (χ4v) is 2.87. The van der Waals surface area contributed by atoms with Gasteiger partial charge in [-0.2, -0.15) is 5.10 Å². The Labute approximate surface area is 135 Å². The Bertz CT molecular complexity index is 832. The monoisotopic (exact) mass is 338 g/mol. The molecule has 2 heterocycles. The Kier molecular flexibility index (Phi) is 4.18. The highest BCUT2D eigenvalue weighted by Crippen LogP contribution is 2.33. The van der Waals surface area contributed by atoms with Crippen LogP contribution in [0.1, 0.15) is 18.0 Å². The van der Waals surface area contributed by atoms with E-state index in [1.807, 2.05) is 0 Å². The van der Waals surface area contributed by atoms with Crippen molar-refractivity contribution in [3.63, 3.8) is 0 Å². The fourth-order valence-electron chi connectivity index (χ4n) is 2.87. The predicted molar refractivity (Wildman–Crippen MR) is 78.9 cm³/mol. The molecule has 0 unspecified atom stereocenters. The zero-order valence-corrected chi connectivity index (χ0v) is 12.9. The number of nitrogens with zero attached hydrogens (tertiary/aromatic N) is 4. The van der Waals surface area contributed by atoms with Gasteiger partial charge in [0, 0.05) is 13.6 Å². The summed E-state index contributed by atoms with van der Waals surface area (Å²) in [5.41, 5.74) is -0.0420. The first-order valence-electron chi connectivity index (χ1n) is 7.37. The summed E-state index contributed by atoms with van der Waals surface area (Å²) >= 11 is 0. The van der Waals surface area contributed by atoms with E-state index in [4.69, 9.17) is 0 Å². The van der Waals surface area contributed by atoms with Crippen molar-refractivity contribution in [2.45, 2.75) is 25.1 Å². The van der Waals surface area contributed by atoms with Crippen molar-refractivity contribution in [1.82, 2.24) is 19.2 Å². The average molecular weight is 338 g/mol. The van der Waals surface area contributed by atoms with Crippen LogP contribution in [0.2, 0.25) is 0 Å². The largest absolute Gasteiger partial charge is 0.391 e. The molecule has 0 aliphatic carbocycles. The summed E-state index contributed by atoms with van der Waals surface area (Å²) in [6, 6.07) is 2.81. The maximum atomic E-state index is 13.5. The number of hydrogen-bond acceptors (Lipinski definition) is 4. The quantitative estimate of drug-likeness (QED) is 0.867. The van der Waals surface area contributed by atoms with Crippen LogP contribution in [0.5, 0.6) is 0 Å². The third-order valence-electron chi connectivity index (χ3n) is 4.10. The number of aliphatic hydroxyl groups is 1. The number of aliphatic hydroxyl groups excluding tert-OH is 1. The Morgan fingerprint density at radius 3 is 2.75 bits per heavy atom. The van der Waals surface area contributed by atoms with E-state index in [0.29, 0.717) is 5.56 Å². The van der Waals surface area contributed by atoms with Crippen molar-refractivity contribution in [3.05, 3.63) is 52.2 Å². The molecule has 1 aromatic heterocycles. The van der Waals surface area contributed by atoms with Gasteiger partial charge in [-0.1, -0.05) is 6.07 Å². The predicted octanol–water partition coefficient (Wildman–Crippen LogP) is 0.194. The van der Waals surface area contributed by atoms with Gasteiger partial charge in [0.05, 0.1) is 12.1 Å². The van der Waals surface area contributed by atoms with E-state index in [1.165, 1.54) is 28.9 Å². The number of halogens is 2. The second kappa shape index (κ2) is 6.16. The molecule has 1 N–H and O–H groups in total. The molecule has 2 aromatic rings. The first-order chi connectivity index (χ1) is 11.4. The van der Waals surface area contributed by atoms with Gasteiger partial charge in [0.2, 0.25) is 5.91 Å². The molecular formula is C15H16F2N4O3. The van der Waals surface area contributed by atoms with E-state index in [9.17, 15) is 23.5 Å². The van der Waals surface area contributed by atoms with E-state index in [-0.39, 0.29) is 19.5 Å². The van der Waals surface area contributed by atoms with Crippen LogP contribution in [0.25, 0.3) is 0 Å². The molecule has 0 spiro atoms. The van der Waals surface area contributed by atoms with Gasteiger partial charge in [-0.3, -0.25) is 9.36 Å². The number of likely N-dealkylation sites (tertiary alicyclic amines) is 1. The number of aryl methyl sites for hydroxylation is 1. The van der Waals surface area contributed by atoms with Crippen LogP contribution < -0.4 is 5.69 Å². The lowest BCUT2D eigenvalue weighted by molar-refractivity contribution is -0.133. The first kappa shape index (κ1) is 16.3. The molecule has 128 valence electrons. The SMILES string of the molecule is Cn1cnn(CC(=O)N2C[C@H](O)C[C@H]2c2ccc(F)c(F)c2)c1=O. The summed E-state index contributed by atoms with van der Waals surface area (Å²) in [6.45, 7) is -0.226. The normalized spacial score (nSPS) is 20.6. The number of carbonyl (C=O) groups excluding carboxylic acids is 1. The molecule has 1 saturated heterocycles. The van der Waals surface area contributed by atoms with Gasteiger partial charge in [0.15, 0.2) is 11.6 Å². The second-order valence-electron chi connectivity index (χ2n) is 5.81. The summed E-state index contributed by atoms with van der Waals surface area (Å²) in [5, 5.41) is 13.7. The van der Waals surface area contributed by atoms with Crippen molar-refractivity contribution in [2.24, 2.45) is 7.05 Å². The molecular weight excluding hydrogens is 322 g/mol. The van der Waals surface area contributed by atoms with Crippen LogP contribution in [0.15, 0.2) is 29.3 Å². The molecule has 1 amide bonds. The van der Waals surface area contributed by atoms with Gasteiger partial charge in [-0.25, -0.2) is 18.3 Å². The minimum Gasteiger partial charge on any atom is -0.391 e. The topological polar surface area (TPSA) is 80.4 Å². The third-order valence-corrected chi connectivity index (χ3v) is 4.10. The van der Waals surface area contributed by atoms with Crippen molar-refractivity contribution in [3.8, 4) is 0 Å². The van der Waals surface area contributed by atoms with Crippen LogP contribution in [0.4, 0.5) is 8.78 Å². The lowest BCUT2D eigenvalue weighted by Crippen LogP contribution is -2.37. The van der Waals surface area contributed by atoms with Gasteiger partial charge < -0.3 is 10.0 Å². The summed E-state index contributed by atoms with van der Waals surface area (Å²) < 4.78 is 28.8. The van der Waals surface area contributed by atoms with Gasteiger partial charge >= 0.3 is 5.69 Å². The van der Waals surface area contributed by atoms with E-state index >= 15 is 0 Å². The van der Waals surface area contributed by atoms with Crippen LogP contribution in [-0.4, -0.2) is 42.9 Å². The summed E-state index contributed by atoms with van der Waals surface area (Å²) in [4.78, 5) is 25.6. The molecule has 1 aromatic carbocycles. The van der Waals surface area contributed by atoms with Crippen molar-refractivity contribution >= 4 is 5.91 Å². The standard InChI is InChI=1S/C15H16F2N4O3/c1-19-8-18-21(15(19)24)7-14(23)20-6-10(22)5-13(20)9-2-3-11(16)12(17)4-9/h2-4,8,10,13,22H,5-7H2,1H3/t10-,13+/m1/s1. The third kappa shape index (κ3) is 2.94. The minimum absolute atomic E-state index is 0.0596. The lowest BCUT2D eigenvalue weighted by atomic mass is 10.0. The molecule has 3 rings (SSSR count). The van der Waals surface area contributed by atoms with Crippen LogP contribution >= 0.6 is 0 Å². The summed E-state index contributed by atoms with van der Waals surface area (Å²) in [7, 11) is 1.51. The number of aromatic nitrogens is 3. The number of hydrogen-bond donors (Lipinski definition) is 1. The van der Waals surface area contributed by atoms with E-state index in [1.54, 1.807) is 0 Å². The van der Waals surface area contributed by atoms with E-state index in [0.717, 1.165) is 16.8 Å². The second-order valence-corrected chi connectivity index (χ2v) is 5.81. The zero-order valence-electron chi connectivity index (χ0n) is 12.9. The van der Waals surface area contributed by atoms with Gasteiger partial charge in [-0.15, -0.1) is 0 Å². The summed E-state index contributed by atoms with van der Waals surface area (Å²) in [5.74, 6) is -2.42. The minimum atomic E-state index is -1.01. The molecule has 0 bridgehead atoms. The number of β-amino-alcohol motifs (C(OH)–C–C–N with tert-alkyl or cyclic N) is 1. The highest BCUT2D eigenvalue weighted by atomic mass is 19.2. The average Bonchev–Trinajstić information content (AvgIpc) is 3.07. The van der Waals surface area contributed by atoms with Crippen LogP contribution in [-0.2, 0) is 18.4 Å². The smallest absolute Gasteiger partial charge is 0.345 e. The van der Waals surface area contributed by atoms with Crippen molar-refractivity contribution in [1.29, 1.82) is 0 Å². The lowest BCUT2D eigenvalue weighted by Gasteiger charge is -2.24. The Balaban J connectivity index is 1.84. The molecule has 0 radical (unpaired) electrons. The highest BCUT2D eigenvalue weighted by Gasteiger charge is 2.35.